The van der Waals surface area contributed by atoms with Gasteiger partial charge in [0.15, 0.2) is 0 Å². The SMILES string of the molecule is O=c1[nH]c2sc3cc(F)ccc3c2[nH]c1=O. The molecule has 3 aromatic rings. The van der Waals surface area contributed by atoms with E-state index in [1.807, 2.05) is 0 Å². The van der Waals surface area contributed by atoms with E-state index in [1.54, 1.807) is 6.07 Å². The van der Waals surface area contributed by atoms with Gasteiger partial charge in [-0.2, -0.15) is 0 Å². The fourth-order valence-corrected chi connectivity index (χ4v) is 2.69. The van der Waals surface area contributed by atoms with Crippen molar-refractivity contribution in [3.8, 4) is 0 Å². The summed E-state index contributed by atoms with van der Waals surface area (Å²) in [5, 5.41) is 0.731. The Morgan fingerprint density at radius 3 is 2.69 bits per heavy atom. The molecule has 6 heteroatoms. The molecule has 0 aliphatic rings. The van der Waals surface area contributed by atoms with Gasteiger partial charge in [0.1, 0.15) is 10.6 Å². The van der Waals surface area contributed by atoms with Crippen molar-refractivity contribution in [2.45, 2.75) is 0 Å². The Hall–Kier alpha value is -1.95. The molecule has 0 unspecified atom stereocenters. The molecule has 2 N–H and O–H groups in total. The number of rotatable bonds is 0. The van der Waals surface area contributed by atoms with Gasteiger partial charge >= 0.3 is 11.1 Å². The van der Waals surface area contributed by atoms with Crippen LogP contribution in [0, 0.1) is 5.82 Å². The van der Waals surface area contributed by atoms with Crippen LogP contribution in [0.25, 0.3) is 20.4 Å². The maximum atomic E-state index is 13.0. The van der Waals surface area contributed by atoms with Crippen molar-refractivity contribution in [2.75, 3.05) is 0 Å². The van der Waals surface area contributed by atoms with Crippen molar-refractivity contribution >= 4 is 31.8 Å². The second-order valence-corrected chi connectivity index (χ2v) is 4.41. The molecule has 0 atom stereocenters. The molecular weight excluding hydrogens is 231 g/mol. The Balaban J connectivity index is 2.61. The molecule has 0 amide bonds. The van der Waals surface area contributed by atoms with Gasteiger partial charge in [-0.15, -0.1) is 11.3 Å². The summed E-state index contributed by atoms with van der Waals surface area (Å²) in [6.07, 6.45) is 0. The molecule has 0 saturated heterocycles. The highest BCUT2D eigenvalue weighted by atomic mass is 32.1. The highest BCUT2D eigenvalue weighted by Crippen LogP contribution is 2.30. The van der Waals surface area contributed by atoms with Gasteiger partial charge in [0.25, 0.3) is 0 Å². The minimum Gasteiger partial charge on any atom is -0.315 e. The second kappa shape index (κ2) is 3.02. The molecule has 0 aliphatic carbocycles. The zero-order valence-electron chi connectivity index (χ0n) is 7.83. The molecule has 4 nitrogen and oxygen atoms in total. The van der Waals surface area contributed by atoms with Gasteiger partial charge < -0.3 is 9.97 Å². The van der Waals surface area contributed by atoms with Gasteiger partial charge in [0.05, 0.1) is 5.52 Å². The molecule has 2 heterocycles. The van der Waals surface area contributed by atoms with Gasteiger partial charge in [0.2, 0.25) is 0 Å². The molecule has 0 fully saturated rings. The summed E-state index contributed by atoms with van der Waals surface area (Å²) in [6, 6.07) is 4.27. The van der Waals surface area contributed by atoms with Gasteiger partial charge in [0, 0.05) is 10.1 Å². The van der Waals surface area contributed by atoms with Gasteiger partial charge in [-0.3, -0.25) is 9.59 Å². The summed E-state index contributed by atoms with van der Waals surface area (Å²) >= 11 is 1.23. The summed E-state index contributed by atoms with van der Waals surface area (Å²) < 4.78 is 13.7. The van der Waals surface area contributed by atoms with Gasteiger partial charge in [-0.1, -0.05) is 0 Å². The zero-order chi connectivity index (χ0) is 11.3. The van der Waals surface area contributed by atoms with Gasteiger partial charge in [-0.05, 0) is 18.2 Å². The van der Waals surface area contributed by atoms with Crippen molar-refractivity contribution in [3.63, 3.8) is 0 Å². The quantitative estimate of drug-likeness (QED) is 0.582. The minimum atomic E-state index is -0.698. The summed E-state index contributed by atoms with van der Waals surface area (Å²) in [4.78, 5) is 27.8. The first kappa shape index (κ1) is 9.29. The van der Waals surface area contributed by atoms with E-state index in [2.05, 4.69) is 9.97 Å². The third-order valence-electron chi connectivity index (χ3n) is 2.32. The summed E-state index contributed by atoms with van der Waals surface area (Å²) in [5.74, 6) is -0.344. The van der Waals surface area contributed by atoms with Crippen LogP contribution in [0.5, 0.6) is 0 Å². The smallest absolute Gasteiger partial charge is 0.314 e. The predicted molar refractivity (Wildman–Crippen MR) is 60.5 cm³/mol. The maximum Gasteiger partial charge on any atom is 0.314 e. The van der Waals surface area contributed by atoms with Crippen LogP contribution in [0.3, 0.4) is 0 Å². The van der Waals surface area contributed by atoms with E-state index in [1.165, 1.54) is 23.5 Å². The number of H-pyrrole nitrogens is 2. The molecule has 2 aromatic heterocycles. The van der Waals surface area contributed by atoms with E-state index in [4.69, 9.17) is 0 Å². The molecule has 3 rings (SSSR count). The molecule has 16 heavy (non-hydrogen) atoms. The Labute approximate surface area is 91.4 Å². The second-order valence-electron chi connectivity index (χ2n) is 3.35. The Morgan fingerprint density at radius 2 is 1.88 bits per heavy atom. The maximum absolute atomic E-state index is 13.0. The molecular formula is C10H5FN2O2S. The molecule has 0 spiro atoms. The number of hydrogen-bond donors (Lipinski definition) is 2. The van der Waals surface area contributed by atoms with Crippen molar-refractivity contribution in [2.24, 2.45) is 0 Å². The fraction of sp³-hybridized carbons (Fsp3) is 0. The standard InChI is InChI=1S/C10H5FN2O2S/c11-4-1-2-5-6(3-4)16-10-7(5)12-8(14)9(15)13-10/h1-3H,(H,12,14)(H,13,15). The van der Waals surface area contributed by atoms with Crippen LogP contribution in [0.4, 0.5) is 4.39 Å². The van der Waals surface area contributed by atoms with Crippen molar-refractivity contribution in [3.05, 3.63) is 44.7 Å². The lowest BCUT2D eigenvalue weighted by molar-refractivity contribution is 0.630. The van der Waals surface area contributed by atoms with Crippen LogP contribution in [0.2, 0.25) is 0 Å². The van der Waals surface area contributed by atoms with Crippen LogP contribution in [0.1, 0.15) is 0 Å². The van der Waals surface area contributed by atoms with Crippen LogP contribution >= 0.6 is 11.3 Å². The van der Waals surface area contributed by atoms with E-state index in [0.29, 0.717) is 15.0 Å². The summed E-state index contributed by atoms with van der Waals surface area (Å²) in [6.45, 7) is 0. The van der Waals surface area contributed by atoms with E-state index >= 15 is 0 Å². The first-order valence-corrected chi connectivity index (χ1v) is 5.31. The molecule has 0 aliphatic heterocycles. The van der Waals surface area contributed by atoms with Crippen molar-refractivity contribution < 1.29 is 4.39 Å². The van der Waals surface area contributed by atoms with Gasteiger partial charge in [-0.25, -0.2) is 4.39 Å². The number of aromatic nitrogens is 2. The van der Waals surface area contributed by atoms with E-state index in [9.17, 15) is 14.0 Å². The van der Waals surface area contributed by atoms with Crippen LogP contribution in [0.15, 0.2) is 27.8 Å². The minimum absolute atomic E-state index is 0.344. The van der Waals surface area contributed by atoms with Crippen LogP contribution < -0.4 is 11.1 Å². The molecule has 0 radical (unpaired) electrons. The Kier molecular flexibility index (Phi) is 1.75. The number of fused-ring (bicyclic) bond motifs is 3. The number of nitrogens with one attached hydrogen (secondary N) is 2. The third-order valence-corrected chi connectivity index (χ3v) is 3.39. The highest BCUT2D eigenvalue weighted by Gasteiger charge is 2.08. The monoisotopic (exact) mass is 236 g/mol. The van der Waals surface area contributed by atoms with E-state index in [-0.39, 0.29) is 5.82 Å². The number of aromatic amines is 2. The lowest BCUT2D eigenvalue weighted by atomic mass is 10.2. The fourth-order valence-electron chi connectivity index (χ4n) is 1.61. The van der Waals surface area contributed by atoms with E-state index < -0.39 is 11.1 Å². The average molecular weight is 236 g/mol. The molecule has 0 bridgehead atoms. The highest BCUT2D eigenvalue weighted by molar-refractivity contribution is 7.25. The predicted octanol–water partition coefficient (Wildman–Crippen LogP) is 1.57. The summed E-state index contributed by atoms with van der Waals surface area (Å²) in [5.41, 5.74) is -0.847. The lowest BCUT2D eigenvalue weighted by Gasteiger charge is -1.90. The van der Waals surface area contributed by atoms with Crippen molar-refractivity contribution in [1.29, 1.82) is 0 Å². The topological polar surface area (TPSA) is 65.7 Å². The number of benzene rings is 1. The third kappa shape index (κ3) is 1.20. The first-order valence-electron chi connectivity index (χ1n) is 4.49. The van der Waals surface area contributed by atoms with Crippen LogP contribution in [-0.2, 0) is 0 Å². The lowest BCUT2D eigenvalue weighted by Crippen LogP contribution is -2.28. The zero-order valence-corrected chi connectivity index (χ0v) is 8.65. The Bertz CT molecular complexity index is 815. The average Bonchev–Trinajstić information content (AvgIpc) is 2.55. The molecule has 80 valence electrons. The molecule has 1 aromatic carbocycles. The summed E-state index contributed by atoms with van der Waals surface area (Å²) in [7, 11) is 0. The van der Waals surface area contributed by atoms with Crippen LogP contribution in [-0.4, -0.2) is 9.97 Å². The molecule has 0 saturated carbocycles. The number of thiophene rings is 1. The first-order chi connectivity index (χ1) is 7.65. The number of hydrogen-bond acceptors (Lipinski definition) is 3. The van der Waals surface area contributed by atoms with Crippen molar-refractivity contribution in [1.82, 2.24) is 9.97 Å². The Morgan fingerprint density at radius 1 is 1.12 bits per heavy atom. The van der Waals surface area contributed by atoms with E-state index in [0.717, 1.165) is 5.39 Å². The largest absolute Gasteiger partial charge is 0.315 e. The normalized spacial score (nSPS) is 11.3. The number of halogens is 1.